The number of carboxylic acids is 2. The fourth-order valence-corrected chi connectivity index (χ4v) is 3.11. The van der Waals surface area contributed by atoms with Gasteiger partial charge in [0.2, 0.25) is 5.95 Å². The topological polar surface area (TPSA) is 206 Å². The molecule has 0 unspecified atom stereocenters. The van der Waals surface area contributed by atoms with Gasteiger partial charge in [0, 0.05) is 29.9 Å². The SMILES string of the molecule is Cc1nc2nc(N)nc(N)c2cc1CNc1ccc(C(=O)N[C@@H](CCC(=O)O)C(=O)O)cc1. The van der Waals surface area contributed by atoms with Gasteiger partial charge in [-0.3, -0.25) is 9.59 Å². The summed E-state index contributed by atoms with van der Waals surface area (Å²) in [6, 6.07) is 6.96. The monoisotopic (exact) mass is 453 g/mol. The maximum atomic E-state index is 12.3. The molecule has 3 aromatic rings. The molecule has 2 heterocycles. The Morgan fingerprint density at radius 1 is 1.06 bits per heavy atom. The average Bonchev–Trinajstić information content (AvgIpc) is 2.75. The molecule has 0 aliphatic carbocycles. The van der Waals surface area contributed by atoms with Gasteiger partial charge < -0.3 is 32.3 Å². The van der Waals surface area contributed by atoms with Crippen molar-refractivity contribution in [3.05, 3.63) is 47.2 Å². The Morgan fingerprint density at radius 3 is 2.39 bits per heavy atom. The zero-order valence-corrected chi connectivity index (χ0v) is 17.7. The number of aryl methyl sites for hydroxylation is 1. The van der Waals surface area contributed by atoms with Crippen LogP contribution in [0.1, 0.15) is 34.5 Å². The van der Waals surface area contributed by atoms with Crippen molar-refractivity contribution in [2.45, 2.75) is 32.4 Å². The summed E-state index contributed by atoms with van der Waals surface area (Å²) in [5, 5.41) is 24.0. The number of hydrogen-bond donors (Lipinski definition) is 6. The second-order valence-electron chi connectivity index (χ2n) is 7.30. The van der Waals surface area contributed by atoms with E-state index in [0.29, 0.717) is 23.3 Å². The van der Waals surface area contributed by atoms with E-state index >= 15 is 0 Å². The molecular weight excluding hydrogens is 430 g/mol. The number of aromatic nitrogens is 3. The predicted molar refractivity (Wildman–Crippen MR) is 120 cm³/mol. The van der Waals surface area contributed by atoms with Crippen LogP contribution in [0.2, 0.25) is 0 Å². The van der Waals surface area contributed by atoms with Crippen LogP contribution in [-0.2, 0) is 16.1 Å². The van der Waals surface area contributed by atoms with Crippen molar-refractivity contribution < 1.29 is 24.6 Å². The fraction of sp³-hybridized carbons (Fsp3) is 0.238. The van der Waals surface area contributed by atoms with Gasteiger partial charge in [0.05, 0.1) is 5.39 Å². The van der Waals surface area contributed by atoms with Gasteiger partial charge in [-0.1, -0.05) is 0 Å². The van der Waals surface area contributed by atoms with Crippen molar-refractivity contribution >= 4 is 46.3 Å². The first-order chi connectivity index (χ1) is 15.6. The minimum Gasteiger partial charge on any atom is -0.481 e. The summed E-state index contributed by atoms with van der Waals surface area (Å²) in [5.41, 5.74) is 14.5. The van der Waals surface area contributed by atoms with E-state index in [1.165, 1.54) is 12.1 Å². The number of carboxylic acid groups (broad SMARTS) is 2. The molecule has 1 atom stereocenters. The molecular formula is C21H23N7O5. The van der Waals surface area contributed by atoms with Crippen molar-refractivity contribution in [2.24, 2.45) is 0 Å². The lowest BCUT2D eigenvalue weighted by atomic mass is 10.1. The summed E-state index contributed by atoms with van der Waals surface area (Å²) >= 11 is 0. The zero-order valence-electron chi connectivity index (χ0n) is 17.7. The molecule has 1 aromatic carbocycles. The highest BCUT2D eigenvalue weighted by Gasteiger charge is 2.21. The second kappa shape index (κ2) is 9.77. The molecule has 0 bridgehead atoms. The van der Waals surface area contributed by atoms with Gasteiger partial charge >= 0.3 is 11.9 Å². The molecule has 0 spiro atoms. The molecule has 0 saturated carbocycles. The van der Waals surface area contributed by atoms with Crippen LogP contribution < -0.4 is 22.1 Å². The van der Waals surface area contributed by atoms with E-state index in [1.54, 1.807) is 12.1 Å². The summed E-state index contributed by atoms with van der Waals surface area (Å²) in [6.07, 6.45) is -0.578. The van der Waals surface area contributed by atoms with Crippen LogP contribution in [0.5, 0.6) is 0 Å². The first-order valence-corrected chi connectivity index (χ1v) is 9.92. The van der Waals surface area contributed by atoms with Gasteiger partial charge in [0.1, 0.15) is 11.9 Å². The van der Waals surface area contributed by atoms with Crippen molar-refractivity contribution in [1.29, 1.82) is 0 Å². The van der Waals surface area contributed by atoms with Crippen LogP contribution >= 0.6 is 0 Å². The lowest BCUT2D eigenvalue weighted by molar-refractivity contribution is -0.140. The number of nitrogens with zero attached hydrogens (tertiary/aromatic N) is 3. The number of anilines is 3. The Kier molecular flexibility index (Phi) is 6.86. The van der Waals surface area contributed by atoms with Crippen LogP contribution in [0.3, 0.4) is 0 Å². The number of carbonyl (C=O) groups excluding carboxylic acids is 1. The molecule has 0 radical (unpaired) electrons. The number of nitrogen functional groups attached to an aromatic ring is 2. The van der Waals surface area contributed by atoms with E-state index in [2.05, 4.69) is 25.6 Å². The standard InChI is InChI=1S/C21H23N7O5/c1-10-12(8-14-17(22)27-21(23)28-18(14)25-10)9-24-13-4-2-11(3-5-13)19(31)26-15(20(32)33)6-7-16(29)30/h2-5,8,15,24H,6-7,9H2,1H3,(H,26,31)(H,29,30)(H,32,33)(H4,22,23,25,27,28)/t15-/m0/s1. The van der Waals surface area contributed by atoms with Crippen molar-refractivity contribution in [3.8, 4) is 0 Å². The Bertz CT molecular complexity index is 1210. The zero-order chi connectivity index (χ0) is 24.1. The number of nitrogens with two attached hydrogens (primary N) is 2. The van der Waals surface area contributed by atoms with E-state index < -0.39 is 23.9 Å². The number of nitrogens with one attached hydrogen (secondary N) is 2. The number of benzene rings is 1. The van der Waals surface area contributed by atoms with E-state index in [4.69, 9.17) is 16.6 Å². The van der Waals surface area contributed by atoms with Gasteiger partial charge in [-0.2, -0.15) is 9.97 Å². The summed E-state index contributed by atoms with van der Waals surface area (Å²) in [5.74, 6) is -2.75. The number of hydrogen-bond acceptors (Lipinski definition) is 9. The molecule has 0 fully saturated rings. The lowest BCUT2D eigenvalue weighted by Crippen LogP contribution is -2.41. The van der Waals surface area contributed by atoms with E-state index in [0.717, 1.165) is 11.3 Å². The number of pyridine rings is 1. The highest BCUT2D eigenvalue weighted by molar-refractivity contribution is 5.97. The summed E-state index contributed by atoms with van der Waals surface area (Å²) in [4.78, 5) is 46.7. The first kappa shape index (κ1) is 23.2. The first-order valence-electron chi connectivity index (χ1n) is 9.92. The molecule has 0 aliphatic heterocycles. The maximum absolute atomic E-state index is 12.3. The molecule has 172 valence electrons. The molecule has 0 saturated heterocycles. The number of carbonyl (C=O) groups is 3. The Hall–Kier alpha value is -4.48. The number of rotatable bonds is 9. The van der Waals surface area contributed by atoms with Crippen LogP contribution in [0.15, 0.2) is 30.3 Å². The smallest absolute Gasteiger partial charge is 0.326 e. The summed E-state index contributed by atoms with van der Waals surface area (Å²) in [6.45, 7) is 2.25. The average molecular weight is 453 g/mol. The van der Waals surface area contributed by atoms with Crippen molar-refractivity contribution in [1.82, 2.24) is 20.3 Å². The molecule has 1 amide bonds. The maximum Gasteiger partial charge on any atom is 0.326 e. The molecule has 12 heteroatoms. The Balaban J connectivity index is 1.66. The van der Waals surface area contributed by atoms with Crippen molar-refractivity contribution in [3.63, 3.8) is 0 Å². The van der Waals surface area contributed by atoms with Crippen LogP contribution in [0.25, 0.3) is 11.0 Å². The molecule has 2 aromatic heterocycles. The minimum absolute atomic E-state index is 0.0541. The lowest BCUT2D eigenvalue weighted by Gasteiger charge is -2.14. The highest BCUT2D eigenvalue weighted by Crippen LogP contribution is 2.21. The number of fused-ring (bicyclic) bond motifs is 1. The van der Waals surface area contributed by atoms with E-state index in [1.807, 2.05) is 13.0 Å². The van der Waals surface area contributed by atoms with Gasteiger partial charge in [0.25, 0.3) is 5.91 Å². The van der Waals surface area contributed by atoms with E-state index in [9.17, 15) is 19.5 Å². The van der Waals surface area contributed by atoms with Crippen LogP contribution in [0.4, 0.5) is 17.5 Å². The molecule has 33 heavy (non-hydrogen) atoms. The fourth-order valence-electron chi connectivity index (χ4n) is 3.11. The largest absolute Gasteiger partial charge is 0.481 e. The Morgan fingerprint density at radius 2 is 1.76 bits per heavy atom. The number of amides is 1. The predicted octanol–water partition coefficient (Wildman–Crippen LogP) is 1.16. The van der Waals surface area contributed by atoms with Crippen LogP contribution in [-0.4, -0.2) is 49.1 Å². The third kappa shape index (κ3) is 5.81. The highest BCUT2D eigenvalue weighted by atomic mass is 16.4. The summed E-state index contributed by atoms with van der Waals surface area (Å²) < 4.78 is 0. The molecule has 12 nitrogen and oxygen atoms in total. The number of aliphatic carboxylic acids is 2. The molecule has 3 rings (SSSR count). The van der Waals surface area contributed by atoms with Gasteiger partial charge in [-0.25, -0.2) is 9.78 Å². The molecule has 8 N–H and O–H groups in total. The normalized spacial score (nSPS) is 11.7. The second-order valence-corrected chi connectivity index (χ2v) is 7.30. The third-order valence-electron chi connectivity index (χ3n) is 4.91. The minimum atomic E-state index is -1.30. The van der Waals surface area contributed by atoms with Gasteiger partial charge in [0.15, 0.2) is 5.65 Å². The molecule has 0 aliphatic rings. The van der Waals surface area contributed by atoms with E-state index in [-0.39, 0.29) is 30.2 Å². The quantitative estimate of drug-likeness (QED) is 0.271. The van der Waals surface area contributed by atoms with Crippen LogP contribution in [0, 0.1) is 6.92 Å². The summed E-state index contributed by atoms with van der Waals surface area (Å²) in [7, 11) is 0. The van der Waals surface area contributed by atoms with Gasteiger partial charge in [-0.15, -0.1) is 0 Å². The third-order valence-corrected chi connectivity index (χ3v) is 4.91. The van der Waals surface area contributed by atoms with Gasteiger partial charge in [-0.05, 0) is 49.2 Å². The Labute approximate surface area is 188 Å². The van der Waals surface area contributed by atoms with Crippen molar-refractivity contribution in [2.75, 3.05) is 16.8 Å².